The molecule has 1 nitrogen and oxygen atoms in total. The van der Waals surface area contributed by atoms with Crippen molar-refractivity contribution in [3.63, 3.8) is 0 Å². The maximum absolute atomic E-state index is 11.7. The zero-order valence-electron chi connectivity index (χ0n) is 12.3. The van der Waals surface area contributed by atoms with Gasteiger partial charge in [0.05, 0.1) is 0 Å². The summed E-state index contributed by atoms with van der Waals surface area (Å²) in [5.41, 5.74) is 4.10. The fourth-order valence-electron chi connectivity index (χ4n) is 2.46. The van der Waals surface area contributed by atoms with Crippen molar-refractivity contribution in [2.45, 2.75) is 59.8 Å². The molecule has 0 saturated carbocycles. The molecule has 100 valence electrons. The molecular formula is C17H26O. The second-order valence-corrected chi connectivity index (χ2v) is 5.53. The van der Waals surface area contributed by atoms with Crippen LogP contribution in [0, 0.1) is 5.92 Å². The highest BCUT2D eigenvalue weighted by Gasteiger charge is 2.15. The molecule has 0 bridgehead atoms. The molecule has 0 aromatic carbocycles. The summed E-state index contributed by atoms with van der Waals surface area (Å²) in [7, 11) is 0. The van der Waals surface area contributed by atoms with E-state index in [0.717, 1.165) is 32.1 Å². The summed E-state index contributed by atoms with van der Waals surface area (Å²) in [5.74, 6) is 0.429. The molecule has 0 heterocycles. The fourth-order valence-corrected chi connectivity index (χ4v) is 2.46. The average Bonchev–Trinajstić information content (AvgIpc) is 2.27. The van der Waals surface area contributed by atoms with Crippen LogP contribution in [0.3, 0.4) is 0 Å². The van der Waals surface area contributed by atoms with Gasteiger partial charge in [-0.3, -0.25) is 4.79 Å². The van der Waals surface area contributed by atoms with Crippen LogP contribution in [0.5, 0.6) is 0 Å². The zero-order chi connectivity index (χ0) is 13.5. The normalized spacial score (nSPS) is 31.8. The molecule has 0 aromatic heterocycles. The highest BCUT2D eigenvalue weighted by atomic mass is 16.1. The van der Waals surface area contributed by atoms with Crippen molar-refractivity contribution in [1.29, 1.82) is 0 Å². The molecule has 0 radical (unpaired) electrons. The monoisotopic (exact) mass is 246 g/mol. The van der Waals surface area contributed by atoms with Crippen LogP contribution in [-0.2, 0) is 4.79 Å². The molecule has 0 spiro atoms. The Bertz CT molecular complexity index is 382. The summed E-state index contributed by atoms with van der Waals surface area (Å²) in [4.78, 5) is 11.7. The molecule has 0 saturated heterocycles. The van der Waals surface area contributed by atoms with Crippen molar-refractivity contribution >= 4 is 5.78 Å². The first-order valence-corrected chi connectivity index (χ1v) is 6.99. The smallest absolute Gasteiger partial charge is 0.136 e. The molecule has 1 aliphatic carbocycles. The van der Waals surface area contributed by atoms with Crippen LogP contribution in [0.2, 0.25) is 0 Å². The number of Topliss-reactive ketones (excluding diaryl/α,β-unsaturated/α-hetero) is 1. The van der Waals surface area contributed by atoms with E-state index in [1.54, 1.807) is 6.92 Å². The number of carbonyl (C=O) groups excluding carboxylic acids is 1. The first kappa shape index (κ1) is 14.9. The number of carbonyl (C=O) groups is 1. The second kappa shape index (κ2) is 7.35. The van der Waals surface area contributed by atoms with E-state index in [4.69, 9.17) is 0 Å². The summed E-state index contributed by atoms with van der Waals surface area (Å²) in [6, 6.07) is 0. The highest BCUT2D eigenvalue weighted by Crippen LogP contribution is 2.23. The Hall–Kier alpha value is -1.11. The molecule has 1 atom stereocenters. The average molecular weight is 246 g/mol. The third kappa shape index (κ3) is 5.03. The van der Waals surface area contributed by atoms with Gasteiger partial charge in [0.2, 0.25) is 0 Å². The number of hydrogen-bond acceptors (Lipinski definition) is 1. The quantitative estimate of drug-likeness (QED) is 0.595. The molecule has 0 fully saturated rings. The lowest BCUT2D eigenvalue weighted by atomic mass is 9.88. The molecule has 0 aromatic rings. The van der Waals surface area contributed by atoms with Crippen LogP contribution in [0.4, 0.5) is 0 Å². The molecule has 0 aliphatic heterocycles. The van der Waals surface area contributed by atoms with Crippen LogP contribution >= 0.6 is 0 Å². The summed E-state index contributed by atoms with van der Waals surface area (Å²) >= 11 is 0. The molecule has 1 unspecified atom stereocenters. The van der Waals surface area contributed by atoms with Crippen molar-refractivity contribution in [3.8, 4) is 0 Å². The lowest BCUT2D eigenvalue weighted by molar-refractivity contribution is -0.119. The highest BCUT2D eigenvalue weighted by molar-refractivity contribution is 5.81. The fraction of sp³-hybridized carbons (Fsp3) is 0.588. The van der Waals surface area contributed by atoms with Crippen LogP contribution < -0.4 is 0 Å². The van der Waals surface area contributed by atoms with Gasteiger partial charge in [0, 0.05) is 5.92 Å². The lowest BCUT2D eigenvalue weighted by Crippen LogP contribution is -2.12. The third-order valence-corrected chi connectivity index (χ3v) is 3.81. The summed E-state index contributed by atoms with van der Waals surface area (Å²) in [6.07, 6.45) is 12.0. The van der Waals surface area contributed by atoms with E-state index in [2.05, 4.69) is 39.0 Å². The van der Waals surface area contributed by atoms with E-state index in [-0.39, 0.29) is 5.92 Å². The molecule has 0 N–H and O–H groups in total. The topological polar surface area (TPSA) is 17.1 Å². The first-order chi connectivity index (χ1) is 8.50. The largest absolute Gasteiger partial charge is 0.299 e. The van der Waals surface area contributed by atoms with Crippen molar-refractivity contribution in [2.24, 2.45) is 5.92 Å². The predicted octanol–water partition coefficient (Wildman–Crippen LogP) is 4.99. The van der Waals surface area contributed by atoms with E-state index in [9.17, 15) is 4.79 Å². The molecule has 18 heavy (non-hydrogen) atoms. The van der Waals surface area contributed by atoms with Crippen molar-refractivity contribution in [2.75, 3.05) is 0 Å². The maximum Gasteiger partial charge on any atom is 0.136 e. The van der Waals surface area contributed by atoms with Gasteiger partial charge in [0.15, 0.2) is 0 Å². The minimum Gasteiger partial charge on any atom is -0.299 e. The second-order valence-electron chi connectivity index (χ2n) is 5.53. The Morgan fingerprint density at radius 2 is 1.67 bits per heavy atom. The Morgan fingerprint density at radius 1 is 1.06 bits per heavy atom. The van der Waals surface area contributed by atoms with Gasteiger partial charge in [0.1, 0.15) is 5.78 Å². The Kier molecular flexibility index (Phi) is 6.11. The number of rotatable bonds is 1. The lowest BCUT2D eigenvalue weighted by Gasteiger charge is -2.15. The first-order valence-electron chi connectivity index (χ1n) is 6.99. The van der Waals surface area contributed by atoms with Gasteiger partial charge in [-0.15, -0.1) is 0 Å². The minimum absolute atomic E-state index is 0.122. The molecule has 1 rings (SSSR count). The van der Waals surface area contributed by atoms with Gasteiger partial charge in [-0.2, -0.15) is 0 Å². The molecule has 1 aliphatic rings. The van der Waals surface area contributed by atoms with E-state index < -0.39 is 0 Å². The van der Waals surface area contributed by atoms with Crippen LogP contribution in [0.1, 0.15) is 59.8 Å². The number of ketones is 1. The molecule has 1 heteroatoms. The predicted molar refractivity (Wildman–Crippen MR) is 78.5 cm³/mol. The van der Waals surface area contributed by atoms with Crippen molar-refractivity contribution in [1.82, 2.24) is 0 Å². The Morgan fingerprint density at radius 3 is 2.28 bits per heavy atom. The Labute approximate surface area is 112 Å². The van der Waals surface area contributed by atoms with Crippen molar-refractivity contribution in [3.05, 3.63) is 34.9 Å². The van der Waals surface area contributed by atoms with Crippen LogP contribution in [0.25, 0.3) is 0 Å². The van der Waals surface area contributed by atoms with E-state index in [0.29, 0.717) is 5.78 Å². The van der Waals surface area contributed by atoms with Crippen LogP contribution in [-0.4, -0.2) is 5.78 Å². The summed E-state index contributed by atoms with van der Waals surface area (Å²) < 4.78 is 0. The molecule has 0 amide bonds. The standard InChI is InChI=1S/C17H26O/c1-13-7-5-8-14(2)11-12-17(16(4)18)15(3)10-6-9-13/h7-8,10,17H,5-6,9,11-12H2,1-4H3/b13-7-,14-8-,15-10+. The third-order valence-electron chi connectivity index (χ3n) is 3.81. The van der Waals surface area contributed by atoms with Gasteiger partial charge < -0.3 is 0 Å². The number of hydrogen-bond donors (Lipinski definition) is 0. The van der Waals surface area contributed by atoms with Gasteiger partial charge in [-0.1, -0.05) is 34.9 Å². The zero-order valence-corrected chi connectivity index (χ0v) is 12.3. The molecular weight excluding hydrogens is 220 g/mol. The van der Waals surface area contributed by atoms with Gasteiger partial charge in [-0.25, -0.2) is 0 Å². The maximum atomic E-state index is 11.7. The van der Waals surface area contributed by atoms with Gasteiger partial charge in [-0.05, 0) is 59.8 Å². The summed E-state index contributed by atoms with van der Waals surface area (Å²) in [6.45, 7) is 8.19. The van der Waals surface area contributed by atoms with E-state index >= 15 is 0 Å². The van der Waals surface area contributed by atoms with Gasteiger partial charge in [0.25, 0.3) is 0 Å². The summed E-state index contributed by atoms with van der Waals surface area (Å²) in [5, 5.41) is 0. The minimum atomic E-state index is 0.122. The van der Waals surface area contributed by atoms with E-state index in [1.807, 2.05) is 0 Å². The van der Waals surface area contributed by atoms with Crippen LogP contribution in [0.15, 0.2) is 34.9 Å². The SMILES string of the molecule is CC(=O)C1CC/C(C)=C\C/C=C(/C)CC/C=C/1C. The number of allylic oxidation sites excluding steroid dienone is 6. The Balaban J connectivity index is 2.87. The van der Waals surface area contributed by atoms with Gasteiger partial charge >= 0.3 is 0 Å². The van der Waals surface area contributed by atoms with E-state index in [1.165, 1.54) is 16.7 Å². The van der Waals surface area contributed by atoms with Crippen molar-refractivity contribution < 1.29 is 4.79 Å².